The highest BCUT2D eigenvalue weighted by molar-refractivity contribution is 14.1. The van der Waals surface area contributed by atoms with Gasteiger partial charge in [-0.1, -0.05) is 22.6 Å². The van der Waals surface area contributed by atoms with Gasteiger partial charge in [0, 0.05) is 17.8 Å². The van der Waals surface area contributed by atoms with Crippen LogP contribution in [0.1, 0.15) is 10.4 Å². The van der Waals surface area contributed by atoms with Crippen molar-refractivity contribution in [3.63, 3.8) is 0 Å². The first-order valence-electron chi connectivity index (χ1n) is 11.4. The maximum absolute atomic E-state index is 12.2. The van der Waals surface area contributed by atoms with Crippen LogP contribution in [0.15, 0.2) is 24.3 Å². The van der Waals surface area contributed by atoms with E-state index in [1.165, 1.54) is 12.1 Å². The van der Waals surface area contributed by atoms with Crippen molar-refractivity contribution in [2.45, 2.75) is 24.4 Å². The topological polar surface area (TPSA) is 285 Å². The Balaban J connectivity index is 1.93. The van der Waals surface area contributed by atoms with E-state index in [0.29, 0.717) is 11.3 Å². The van der Waals surface area contributed by atoms with Crippen LogP contribution < -0.4 is 10.6 Å². The largest absolute Gasteiger partial charge is 0.726 e. The lowest BCUT2D eigenvalue weighted by atomic mass is 10.0. The smallest absolute Gasteiger partial charge is 0.251 e. The van der Waals surface area contributed by atoms with Crippen LogP contribution in [0.3, 0.4) is 0 Å². The average molecular weight is 776 g/mol. The van der Waals surface area contributed by atoms with Crippen LogP contribution in [0, 0.1) is 0 Å². The molecule has 1 heterocycles. The Morgan fingerprint density at radius 3 is 2.12 bits per heavy atom. The normalized spacial score (nSPS) is 21.5. The Bertz CT molecular complexity index is 1370. The van der Waals surface area contributed by atoms with Crippen LogP contribution in [-0.4, -0.2) is 119 Å². The molecule has 0 spiro atoms. The Morgan fingerprint density at radius 2 is 1.55 bits per heavy atom. The molecule has 240 valence electrons. The molecule has 0 saturated carbocycles. The molecule has 0 radical (unpaired) electrons. The highest BCUT2D eigenvalue weighted by Crippen LogP contribution is 2.26. The fourth-order valence-corrected chi connectivity index (χ4v) is 4.86. The molecular formula is C19H24IN2O17S3-3. The molecule has 2 N–H and O–H groups in total. The third kappa shape index (κ3) is 14.2. The first-order chi connectivity index (χ1) is 19.5. The standard InChI is InChI=1S/C19H27IN2O17S3/c20-9-16(23)22-13-3-1-12(2-4-13)19(24)21-5-6-34-7-8-35-17-14(11-37-40(25,26)27)36-10-15(38-41(28,29)30)18(17)39-42(31,32)33/h1-4,14-15,17-18H,5-11H2,(H,21,24)(H,22,23)(H,25,26,27)(H,28,29,30)(H,31,32,33)/p-3/t14?,15?,17-,18+/m1/s1. The maximum atomic E-state index is 12.2. The number of rotatable bonds is 17. The summed E-state index contributed by atoms with van der Waals surface area (Å²) in [6, 6.07) is 6.08. The monoisotopic (exact) mass is 775 g/mol. The Kier molecular flexibility index (Phi) is 14.3. The van der Waals surface area contributed by atoms with Crippen molar-refractivity contribution in [2.75, 3.05) is 49.3 Å². The Morgan fingerprint density at radius 1 is 0.905 bits per heavy atom. The average Bonchev–Trinajstić information content (AvgIpc) is 2.87. The minimum Gasteiger partial charge on any atom is -0.726 e. The number of anilines is 1. The molecule has 42 heavy (non-hydrogen) atoms. The van der Waals surface area contributed by atoms with Crippen LogP contribution in [-0.2, 0) is 62.8 Å². The summed E-state index contributed by atoms with van der Waals surface area (Å²) in [7, 11) is -16.3. The number of ether oxygens (including phenoxy) is 3. The van der Waals surface area contributed by atoms with E-state index < -0.39 is 81.3 Å². The molecular weight excluding hydrogens is 751 g/mol. The van der Waals surface area contributed by atoms with Gasteiger partial charge >= 0.3 is 0 Å². The van der Waals surface area contributed by atoms with Crippen LogP contribution in [0.2, 0.25) is 0 Å². The van der Waals surface area contributed by atoms with Crippen molar-refractivity contribution >= 4 is 71.3 Å². The molecule has 2 rings (SSSR count). The number of benzene rings is 1. The fourth-order valence-electron chi connectivity index (χ4n) is 3.40. The number of halogens is 1. The molecule has 19 nitrogen and oxygen atoms in total. The summed E-state index contributed by atoms with van der Waals surface area (Å²) in [6.07, 6.45) is -7.60. The van der Waals surface area contributed by atoms with E-state index >= 15 is 0 Å². The van der Waals surface area contributed by atoms with Gasteiger partial charge in [0.05, 0.1) is 37.5 Å². The summed E-state index contributed by atoms with van der Waals surface area (Å²) in [5, 5.41) is 5.20. The molecule has 2 amide bonds. The molecule has 0 aliphatic carbocycles. The number of carbonyl (C=O) groups excluding carboxylic acids is 2. The minimum atomic E-state index is -5.57. The first-order valence-corrected chi connectivity index (χ1v) is 16.9. The van der Waals surface area contributed by atoms with E-state index in [1.807, 2.05) is 22.6 Å². The second-order valence-corrected chi connectivity index (χ2v) is 11.9. The van der Waals surface area contributed by atoms with E-state index in [9.17, 15) is 48.5 Å². The Hall–Kier alpha value is -1.62. The van der Waals surface area contributed by atoms with Gasteiger partial charge in [-0.15, -0.1) is 0 Å². The third-order valence-corrected chi connectivity index (χ3v) is 7.06. The van der Waals surface area contributed by atoms with Crippen molar-refractivity contribution in [1.82, 2.24) is 5.32 Å². The minimum absolute atomic E-state index is 0.0218. The van der Waals surface area contributed by atoms with Crippen molar-refractivity contribution < 1.29 is 75.3 Å². The zero-order chi connectivity index (χ0) is 31.6. The first kappa shape index (κ1) is 36.6. The summed E-state index contributed by atoms with van der Waals surface area (Å²) in [4.78, 5) is 23.7. The highest BCUT2D eigenvalue weighted by atomic mass is 127. The number of hydrogen-bond acceptors (Lipinski definition) is 17. The lowest BCUT2D eigenvalue weighted by Crippen LogP contribution is -2.58. The number of alkyl halides is 1. The molecule has 1 aliphatic heterocycles. The number of carbonyl (C=O) groups is 2. The van der Waals surface area contributed by atoms with Gasteiger partial charge in [0.25, 0.3) is 5.91 Å². The van der Waals surface area contributed by atoms with E-state index in [4.69, 9.17) is 14.2 Å². The number of amides is 2. The molecule has 1 aliphatic rings. The lowest BCUT2D eigenvalue weighted by molar-refractivity contribution is -0.200. The number of nitrogens with one attached hydrogen (secondary N) is 2. The molecule has 1 aromatic rings. The van der Waals surface area contributed by atoms with Gasteiger partial charge in [0.2, 0.25) is 37.1 Å². The zero-order valence-corrected chi connectivity index (χ0v) is 25.7. The van der Waals surface area contributed by atoms with Gasteiger partial charge in [-0.3, -0.25) is 22.1 Å². The van der Waals surface area contributed by atoms with Crippen LogP contribution in [0.4, 0.5) is 5.69 Å². The van der Waals surface area contributed by atoms with E-state index in [2.05, 4.69) is 23.2 Å². The maximum Gasteiger partial charge on any atom is 0.251 e. The van der Waals surface area contributed by atoms with Crippen molar-refractivity contribution in [1.29, 1.82) is 0 Å². The van der Waals surface area contributed by atoms with Gasteiger partial charge < -0.3 is 38.5 Å². The molecule has 1 saturated heterocycles. The third-order valence-electron chi connectivity index (χ3n) is 5.00. The second kappa shape index (κ2) is 16.5. The second-order valence-electron chi connectivity index (χ2n) is 8.04. The van der Waals surface area contributed by atoms with E-state index in [0.717, 1.165) is 0 Å². The molecule has 1 aromatic carbocycles. The van der Waals surface area contributed by atoms with Gasteiger partial charge in [0.15, 0.2) is 0 Å². The lowest BCUT2D eigenvalue weighted by Gasteiger charge is -2.41. The Labute approximate surface area is 254 Å². The fraction of sp³-hybridized carbons (Fsp3) is 0.579. The van der Waals surface area contributed by atoms with E-state index in [1.54, 1.807) is 12.1 Å². The van der Waals surface area contributed by atoms with Gasteiger partial charge in [0.1, 0.15) is 24.4 Å². The van der Waals surface area contributed by atoms with Crippen LogP contribution in [0.25, 0.3) is 0 Å². The summed E-state index contributed by atoms with van der Waals surface area (Å²) in [5.74, 6) is -0.651. The zero-order valence-electron chi connectivity index (χ0n) is 21.1. The number of hydrogen-bond donors (Lipinski definition) is 2. The van der Waals surface area contributed by atoms with Crippen LogP contribution in [0.5, 0.6) is 0 Å². The van der Waals surface area contributed by atoms with Gasteiger partial charge in [-0.25, -0.2) is 25.3 Å². The molecule has 1 fully saturated rings. The molecule has 23 heteroatoms. The van der Waals surface area contributed by atoms with Gasteiger partial charge in [-0.05, 0) is 24.3 Å². The molecule has 4 atom stereocenters. The summed E-state index contributed by atoms with van der Waals surface area (Å²) < 4.78 is 128. The molecule has 0 bridgehead atoms. The summed E-state index contributed by atoms with van der Waals surface area (Å²) in [6.45, 7) is -2.70. The quantitative estimate of drug-likeness (QED) is 0.0556. The summed E-state index contributed by atoms with van der Waals surface area (Å²) in [5.41, 5.74) is 0.809. The predicted octanol–water partition coefficient (Wildman–Crippen LogP) is -2.24. The van der Waals surface area contributed by atoms with Gasteiger partial charge in [-0.2, -0.15) is 0 Å². The predicted molar refractivity (Wildman–Crippen MR) is 141 cm³/mol. The SMILES string of the molecule is O=C(CI)Nc1ccc(C(=O)NCCOCCO[C@@H]2C(COS(=O)(=O)[O-])OCC(OS(=O)(=O)[O-])[C@@H]2OS(=O)(=O)[O-])cc1. The van der Waals surface area contributed by atoms with Crippen molar-refractivity contribution in [2.24, 2.45) is 0 Å². The van der Waals surface area contributed by atoms with Crippen molar-refractivity contribution in [3.05, 3.63) is 29.8 Å². The van der Waals surface area contributed by atoms with Crippen LogP contribution >= 0.6 is 22.6 Å². The molecule has 0 aromatic heterocycles. The summed E-state index contributed by atoms with van der Waals surface area (Å²) >= 11 is 1.90. The van der Waals surface area contributed by atoms with E-state index in [-0.39, 0.29) is 30.1 Å². The highest BCUT2D eigenvalue weighted by Gasteiger charge is 2.45. The molecule has 2 unspecified atom stereocenters. The van der Waals surface area contributed by atoms with Crippen molar-refractivity contribution in [3.8, 4) is 0 Å².